The normalized spacial score (nSPS) is 14.3. The zero-order valence-electron chi connectivity index (χ0n) is 9.00. The standard InChI is InChI=1S/C9H8F3N3O2/c1-16-7-5-4(14-8(15-7)17-2)3-13-6(5)9(10,11)12/h3H2,1-2H3. The van der Waals surface area contributed by atoms with Gasteiger partial charge in [-0.05, 0) is 0 Å². The molecule has 0 amide bonds. The van der Waals surface area contributed by atoms with Crippen LogP contribution in [0.3, 0.4) is 0 Å². The van der Waals surface area contributed by atoms with Crippen LogP contribution in [-0.2, 0) is 6.54 Å². The molecule has 2 rings (SSSR count). The first-order chi connectivity index (χ1) is 7.97. The quantitative estimate of drug-likeness (QED) is 0.791. The van der Waals surface area contributed by atoms with Crippen molar-refractivity contribution in [3.8, 4) is 11.9 Å². The maximum absolute atomic E-state index is 12.7. The zero-order valence-corrected chi connectivity index (χ0v) is 9.00. The summed E-state index contributed by atoms with van der Waals surface area (Å²) in [5.74, 6) is -0.180. The number of alkyl halides is 3. The summed E-state index contributed by atoms with van der Waals surface area (Å²) >= 11 is 0. The molecule has 0 fully saturated rings. The van der Waals surface area contributed by atoms with Gasteiger partial charge in [-0.25, -0.2) is 0 Å². The molecule has 0 aliphatic carbocycles. The molecule has 1 aliphatic rings. The highest BCUT2D eigenvalue weighted by Crippen LogP contribution is 2.34. The highest BCUT2D eigenvalue weighted by atomic mass is 19.4. The molecule has 0 spiro atoms. The van der Waals surface area contributed by atoms with Crippen molar-refractivity contribution in [1.82, 2.24) is 9.97 Å². The molecule has 0 saturated heterocycles. The summed E-state index contributed by atoms with van der Waals surface area (Å²) in [6.07, 6.45) is -4.55. The van der Waals surface area contributed by atoms with Gasteiger partial charge in [-0.15, -0.1) is 0 Å². The summed E-state index contributed by atoms with van der Waals surface area (Å²) in [4.78, 5) is 10.9. The van der Waals surface area contributed by atoms with Crippen molar-refractivity contribution in [3.05, 3.63) is 11.3 Å². The van der Waals surface area contributed by atoms with Gasteiger partial charge >= 0.3 is 12.2 Å². The van der Waals surface area contributed by atoms with Crippen LogP contribution in [0.25, 0.3) is 0 Å². The van der Waals surface area contributed by atoms with Crippen molar-refractivity contribution in [2.75, 3.05) is 14.2 Å². The Kier molecular flexibility index (Phi) is 2.64. The number of aliphatic imine (C=N–C) groups is 1. The molecule has 0 atom stereocenters. The first kappa shape index (κ1) is 11.6. The third-order valence-corrected chi connectivity index (χ3v) is 2.20. The summed E-state index contributed by atoms with van der Waals surface area (Å²) in [5.41, 5.74) is -1.06. The molecule has 5 nitrogen and oxygen atoms in total. The Bertz CT molecular complexity index is 485. The summed E-state index contributed by atoms with van der Waals surface area (Å²) in [5, 5.41) is 0. The van der Waals surface area contributed by atoms with Gasteiger partial charge in [0.15, 0.2) is 5.71 Å². The fraction of sp³-hybridized carbons (Fsp3) is 0.444. The second kappa shape index (κ2) is 3.86. The molecule has 1 aromatic heterocycles. The Morgan fingerprint density at radius 3 is 2.35 bits per heavy atom. The monoisotopic (exact) mass is 247 g/mol. The van der Waals surface area contributed by atoms with Gasteiger partial charge in [0.25, 0.3) is 0 Å². The van der Waals surface area contributed by atoms with E-state index in [-0.39, 0.29) is 29.7 Å². The Labute approximate surface area is 94.3 Å². The zero-order chi connectivity index (χ0) is 12.6. The minimum atomic E-state index is -4.55. The number of aromatic nitrogens is 2. The van der Waals surface area contributed by atoms with Crippen LogP contribution in [0.15, 0.2) is 4.99 Å². The van der Waals surface area contributed by atoms with Gasteiger partial charge in [0.05, 0.1) is 32.0 Å². The molecule has 92 valence electrons. The predicted molar refractivity (Wildman–Crippen MR) is 51.4 cm³/mol. The van der Waals surface area contributed by atoms with E-state index in [1.807, 2.05) is 0 Å². The Balaban J connectivity index is 2.56. The largest absolute Gasteiger partial charge is 0.480 e. The lowest BCUT2D eigenvalue weighted by atomic mass is 10.1. The third-order valence-electron chi connectivity index (χ3n) is 2.20. The summed E-state index contributed by atoms with van der Waals surface area (Å²) in [7, 11) is 2.55. The fourth-order valence-corrected chi connectivity index (χ4v) is 1.52. The van der Waals surface area contributed by atoms with Gasteiger partial charge in [0.2, 0.25) is 5.88 Å². The number of hydrogen-bond donors (Lipinski definition) is 0. The van der Waals surface area contributed by atoms with E-state index in [0.29, 0.717) is 0 Å². The maximum atomic E-state index is 12.7. The molecule has 0 aromatic carbocycles. The van der Waals surface area contributed by atoms with E-state index in [4.69, 9.17) is 9.47 Å². The lowest BCUT2D eigenvalue weighted by Crippen LogP contribution is -2.23. The lowest BCUT2D eigenvalue weighted by Gasteiger charge is -2.11. The van der Waals surface area contributed by atoms with E-state index in [2.05, 4.69) is 15.0 Å². The smallest absolute Gasteiger partial charge is 0.433 e. The van der Waals surface area contributed by atoms with Gasteiger partial charge in [0.1, 0.15) is 0 Å². The first-order valence-electron chi connectivity index (χ1n) is 4.58. The van der Waals surface area contributed by atoms with Crippen LogP contribution >= 0.6 is 0 Å². The van der Waals surface area contributed by atoms with E-state index in [0.717, 1.165) is 0 Å². The highest BCUT2D eigenvalue weighted by Gasteiger charge is 2.43. The molecule has 1 aliphatic heterocycles. The first-order valence-corrected chi connectivity index (χ1v) is 4.58. The van der Waals surface area contributed by atoms with Crippen molar-refractivity contribution >= 4 is 5.71 Å². The van der Waals surface area contributed by atoms with Crippen LogP contribution in [0, 0.1) is 0 Å². The van der Waals surface area contributed by atoms with Crippen molar-refractivity contribution in [1.29, 1.82) is 0 Å². The fourth-order valence-electron chi connectivity index (χ4n) is 1.52. The maximum Gasteiger partial charge on any atom is 0.433 e. The van der Waals surface area contributed by atoms with Gasteiger partial charge in [-0.3, -0.25) is 4.99 Å². The molecule has 8 heteroatoms. The molecule has 0 radical (unpaired) electrons. The number of methoxy groups -OCH3 is 2. The topological polar surface area (TPSA) is 56.6 Å². The molecular formula is C9H8F3N3O2. The predicted octanol–water partition coefficient (Wildman–Crippen LogP) is 1.36. The average Bonchev–Trinajstić information content (AvgIpc) is 2.70. The number of nitrogens with zero attached hydrogens (tertiary/aromatic N) is 3. The molecule has 17 heavy (non-hydrogen) atoms. The summed E-state index contributed by atoms with van der Waals surface area (Å²) in [6, 6.07) is -0.0424. The minimum Gasteiger partial charge on any atom is -0.480 e. The van der Waals surface area contributed by atoms with Crippen molar-refractivity contribution < 1.29 is 22.6 Å². The lowest BCUT2D eigenvalue weighted by molar-refractivity contribution is -0.0580. The van der Waals surface area contributed by atoms with Gasteiger partial charge in [0, 0.05) is 0 Å². The molecule has 0 unspecified atom stereocenters. The van der Waals surface area contributed by atoms with Crippen LogP contribution in [0.1, 0.15) is 11.3 Å². The molecule has 0 bridgehead atoms. The van der Waals surface area contributed by atoms with E-state index in [9.17, 15) is 13.2 Å². The Morgan fingerprint density at radius 1 is 1.12 bits per heavy atom. The number of rotatable bonds is 2. The third kappa shape index (κ3) is 1.90. The summed E-state index contributed by atoms with van der Waals surface area (Å²) in [6.45, 7) is -0.153. The van der Waals surface area contributed by atoms with E-state index in [1.54, 1.807) is 0 Å². The summed E-state index contributed by atoms with van der Waals surface area (Å²) < 4.78 is 47.6. The van der Waals surface area contributed by atoms with Crippen LogP contribution in [0.2, 0.25) is 0 Å². The minimum absolute atomic E-state index is 0.0424. The molecule has 2 heterocycles. The highest BCUT2D eigenvalue weighted by molar-refractivity contribution is 6.08. The second-order valence-electron chi connectivity index (χ2n) is 3.20. The molecule has 0 N–H and O–H groups in total. The number of fused-ring (bicyclic) bond motifs is 1. The van der Waals surface area contributed by atoms with Crippen LogP contribution in [-0.4, -0.2) is 36.1 Å². The molecular weight excluding hydrogens is 239 g/mol. The van der Waals surface area contributed by atoms with E-state index >= 15 is 0 Å². The number of hydrogen-bond acceptors (Lipinski definition) is 5. The van der Waals surface area contributed by atoms with Crippen molar-refractivity contribution in [2.45, 2.75) is 12.7 Å². The Hall–Kier alpha value is -1.86. The van der Waals surface area contributed by atoms with Crippen molar-refractivity contribution in [2.24, 2.45) is 4.99 Å². The van der Waals surface area contributed by atoms with Crippen molar-refractivity contribution in [3.63, 3.8) is 0 Å². The van der Waals surface area contributed by atoms with Gasteiger partial charge < -0.3 is 9.47 Å². The van der Waals surface area contributed by atoms with Crippen LogP contribution in [0.5, 0.6) is 11.9 Å². The van der Waals surface area contributed by atoms with Crippen LogP contribution in [0.4, 0.5) is 13.2 Å². The van der Waals surface area contributed by atoms with Gasteiger partial charge in [-0.1, -0.05) is 0 Å². The Morgan fingerprint density at radius 2 is 1.82 bits per heavy atom. The van der Waals surface area contributed by atoms with E-state index < -0.39 is 11.9 Å². The van der Waals surface area contributed by atoms with Crippen LogP contribution < -0.4 is 9.47 Å². The second-order valence-corrected chi connectivity index (χ2v) is 3.20. The SMILES string of the molecule is COc1nc2c(c(OC)n1)C(C(F)(F)F)=NC2. The number of ether oxygens (including phenoxy) is 2. The molecule has 1 aromatic rings. The van der Waals surface area contributed by atoms with E-state index in [1.165, 1.54) is 14.2 Å². The average molecular weight is 247 g/mol. The number of halogens is 3. The van der Waals surface area contributed by atoms with Gasteiger partial charge in [-0.2, -0.15) is 23.1 Å². The molecule has 0 saturated carbocycles.